The van der Waals surface area contributed by atoms with Crippen molar-refractivity contribution in [3.8, 4) is 11.4 Å². The van der Waals surface area contributed by atoms with Gasteiger partial charge in [0.15, 0.2) is 5.82 Å². The minimum atomic E-state index is 0.0318. The summed E-state index contributed by atoms with van der Waals surface area (Å²) >= 11 is 0. The molecule has 0 unspecified atom stereocenters. The van der Waals surface area contributed by atoms with Gasteiger partial charge in [-0.05, 0) is 43.2 Å². The van der Waals surface area contributed by atoms with E-state index < -0.39 is 0 Å². The van der Waals surface area contributed by atoms with Crippen molar-refractivity contribution in [2.24, 2.45) is 0 Å². The van der Waals surface area contributed by atoms with Crippen molar-refractivity contribution in [2.75, 3.05) is 13.1 Å². The molecule has 0 aromatic carbocycles. The van der Waals surface area contributed by atoms with Crippen LogP contribution in [0.1, 0.15) is 34.8 Å². The molecular formula is C20H19N5O. The SMILES string of the molecule is O=C(c1cccnc1)N1CCC[C@H](c2ccnc(-c3cccnc3)n2)C1. The Balaban J connectivity index is 1.54. The second-order valence-electron chi connectivity index (χ2n) is 6.38. The molecule has 0 N–H and O–H groups in total. The third kappa shape index (κ3) is 3.44. The molecule has 26 heavy (non-hydrogen) atoms. The van der Waals surface area contributed by atoms with E-state index in [1.807, 2.05) is 29.2 Å². The van der Waals surface area contributed by atoms with Crippen molar-refractivity contribution in [1.82, 2.24) is 24.8 Å². The lowest BCUT2D eigenvalue weighted by atomic mass is 9.94. The zero-order chi connectivity index (χ0) is 17.8. The number of carbonyl (C=O) groups excluding carboxylic acids is 1. The summed E-state index contributed by atoms with van der Waals surface area (Å²) in [5, 5.41) is 0. The minimum Gasteiger partial charge on any atom is -0.338 e. The first-order valence-electron chi connectivity index (χ1n) is 8.74. The van der Waals surface area contributed by atoms with E-state index in [0.29, 0.717) is 17.9 Å². The summed E-state index contributed by atoms with van der Waals surface area (Å²) in [6, 6.07) is 9.37. The molecule has 1 aliphatic rings. The second-order valence-corrected chi connectivity index (χ2v) is 6.38. The van der Waals surface area contributed by atoms with Gasteiger partial charge in [-0.2, -0.15) is 0 Å². The van der Waals surface area contributed by atoms with E-state index >= 15 is 0 Å². The molecule has 0 radical (unpaired) electrons. The average molecular weight is 345 g/mol. The smallest absolute Gasteiger partial charge is 0.255 e. The number of piperidine rings is 1. The van der Waals surface area contributed by atoms with Crippen molar-refractivity contribution in [1.29, 1.82) is 0 Å². The Labute approximate surface area is 152 Å². The fraction of sp³-hybridized carbons (Fsp3) is 0.250. The molecule has 3 aromatic heterocycles. The third-order valence-electron chi connectivity index (χ3n) is 4.63. The van der Waals surface area contributed by atoms with Crippen molar-refractivity contribution in [3.05, 3.63) is 72.6 Å². The highest BCUT2D eigenvalue weighted by Gasteiger charge is 2.26. The fourth-order valence-corrected chi connectivity index (χ4v) is 3.31. The average Bonchev–Trinajstić information content (AvgIpc) is 2.75. The number of hydrogen-bond acceptors (Lipinski definition) is 5. The van der Waals surface area contributed by atoms with Gasteiger partial charge in [0.1, 0.15) is 0 Å². The molecule has 130 valence electrons. The van der Waals surface area contributed by atoms with Gasteiger partial charge in [0.2, 0.25) is 0 Å². The standard InChI is InChI=1S/C20H19N5O/c26-20(16-5-2-9-22-13-16)25-11-3-6-17(14-25)18-7-10-23-19(24-18)15-4-1-8-21-12-15/h1-2,4-5,7-10,12-13,17H,3,6,11,14H2/t17-/m0/s1. The summed E-state index contributed by atoms with van der Waals surface area (Å²) in [5.74, 6) is 0.915. The van der Waals surface area contributed by atoms with Crippen LogP contribution < -0.4 is 0 Å². The van der Waals surface area contributed by atoms with Crippen molar-refractivity contribution < 1.29 is 4.79 Å². The molecular weight excluding hydrogens is 326 g/mol. The van der Waals surface area contributed by atoms with Gasteiger partial charge in [-0.1, -0.05) is 0 Å². The topological polar surface area (TPSA) is 71.9 Å². The number of amides is 1. The van der Waals surface area contributed by atoms with E-state index in [1.54, 1.807) is 37.1 Å². The maximum Gasteiger partial charge on any atom is 0.255 e. The molecule has 1 fully saturated rings. The Morgan fingerprint density at radius 1 is 1.04 bits per heavy atom. The van der Waals surface area contributed by atoms with Crippen molar-refractivity contribution in [2.45, 2.75) is 18.8 Å². The van der Waals surface area contributed by atoms with Gasteiger partial charge in [-0.15, -0.1) is 0 Å². The van der Waals surface area contributed by atoms with E-state index in [9.17, 15) is 4.79 Å². The first-order chi connectivity index (χ1) is 12.8. The molecule has 0 saturated carbocycles. The lowest BCUT2D eigenvalue weighted by molar-refractivity contribution is 0.0705. The van der Waals surface area contributed by atoms with E-state index in [4.69, 9.17) is 4.98 Å². The highest BCUT2D eigenvalue weighted by atomic mass is 16.2. The van der Waals surface area contributed by atoms with Gasteiger partial charge in [-0.3, -0.25) is 14.8 Å². The number of pyridine rings is 2. The molecule has 1 aliphatic heterocycles. The second kappa shape index (κ2) is 7.39. The van der Waals surface area contributed by atoms with Crippen LogP contribution in [0.2, 0.25) is 0 Å². The Hall–Kier alpha value is -3.15. The molecule has 0 bridgehead atoms. The van der Waals surface area contributed by atoms with E-state index in [1.165, 1.54) is 0 Å². The number of nitrogens with zero attached hydrogens (tertiary/aromatic N) is 5. The number of likely N-dealkylation sites (tertiary alicyclic amines) is 1. The van der Waals surface area contributed by atoms with Crippen LogP contribution in [0, 0.1) is 0 Å². The summed E-state index contributed by atoms with van der Waals surface area (Å²) < 4.78 is 0. The monoisotopic (exact) mass is 345 g/mol. The number of rotatable bonds is 3. The summed E-state index contributed by atoms with van der Waals surface area (Å²) in [4.78, 5) is 31.9. The Kier molecular flexibility index (Phi) is 4.64. The van der Waals surface area contributed by atoms with E-state index in [-0.39, 0.29) is 11.8 Å². The molecule has 0 spiro atoms. The van der Waals surface area contributed by atoms with Gasteiger partial charge in [-0.25, -0.2) is 9.97 Å². The van der Waals surface area contributed by atoms with Gasteiger partial charge in [0.25, 0.3) is 5.91 Å². The predicted octanol–water partition coefficient (Wildman–Crippen LogP) is 2.95. The zero-order valence-corrected chi connectivity index (χ0v) is 14.3. The number of hydrogen-bond donors (Lipinski definition) is 0. The largest absolute Gasteiger partial charge is 0.338 e. The highest BCUT2D eigenvalue weighted by molar-refractivity contribution is 5.94. The lowest BCUT2D eigenvalue weighted by Gasteiger charge is -2.32. The quantitative estimate of drug-likeness (QED) is 0.730. The summed E-state index contributed by atoms with van der Waals surface area (Å²) in [6.45, 7) is 1.43. The van der Waals surface area contributed by atoms with Crippen LogP contribution in [-0.4, -0.2) is 43.8 Å². The van der Waals surface area contributed by atoms with Gasteiger partial charge in [0, 0.05) is 61.2 Å². The summed E-state index contributed by atoms with van der Waals surface area (Å²) in [6.07, 6.45) is 10.6. The molecule has 1 amide bonds. The van der Waals surface area contributed by atoms with Gasteiger partial charge >= 0.3 is 0 Å². The van der Waals surface area contributed by atoms with Gasteiger partial charge in [0.05, 0.1) is 5.56 Å². The van der Waals surface area contributed by atoms with Crippen LogP contribution in [0.4, 0.5) is 0 Å². The molecule has 6 nitrogen and oxygen atoms in total. The minimum absolute atomic E-state index is 0.0318. The Bertz CT molecular complexity index is 885. The summed E-state index contributed by atoms with van der Waals surface area (Å²) in [7, 11) is 0. The first-order valence-corrected chi connectivity index (χ1v) is 8.74. The third-order valence-corrected chi connectivity index (χ3v) is 4.63. The summed E-state index contributed by atoms with van der Waals surface area (Å²) in [5.41, 5.74) is 2.50. The predicted molar refractivity (Wildman–Crippen MR) is 97.4 cm³/mol. The fourth-order valence-electron chi connectivity index (χ4n) is 3.31. The van der Waals surface area contributed by atoms with Crippen molar-refractivity contribution >= 4 is 5.91 Å². The van der Waals surface area contributed by atoms with E-state index in [2.05, 4.69) is 15.0 Å². The van der Waals surface area contributed by atoms with Crippen LogP contribution in [0.3, 0.4) is 0 Å². The van der Waals surface area contributed by atoms with Crippen molar-refractivity contribution in [3.63, 3.8) is 0 Å². The molecule has 4 rings (SSSR count). The molecule has 4 heterocycles. The highest BCUT2D eigenvalue weighted by Crippen LogP contribution is 2.27. The molecule has 1 atom stereocenters. The van der Waals surface area contributed by atoms with E-state index in [0.717, 1.165) is 30.6 Å². The Morgan fingerprint density at radius 2 is 1.88 bits per heavy atom. The number of carbonyl (C=O) groups is 1. The normalized spacial score (nSPS) is 17.1. The van der Waals surface area contributed by atoms with Crippen LogP contribution in [0.5, 0.6) is 0 Å². The van der Waals surface area contributed by atoms with Crippen LogP contribution in [0.25, 0.3) is 11.4 Å². The van der Waals surface area contributed by atoms with Crippen LogP contribution in [0.15, 0.2) is 61.3 Å². The van der Waals surface area contributed by atoms with Crippen LogP contribution in [-0.2, 0) is 0 Å². The van der Waals surface area contributed by atoms with Crippen LogP contribution >= 0.6 is 0 Å². The molecule has 3 aromatic rings. The molecule has 6 heteroatoms. The maximum atomic E-state index is 12.7. The van der Waals surface area contributed by atoms with Gasteiger partial charge < -0.3 is 4.90 Å². The zero-order valence-electron chi connectivity index (χ0n) is 14.3. The Morgan fingerprint density at radius 3 is 2.65 bits per heavy atom. The molecule has 0 aliphatic carbocycles. The molecule has 1 saturated heterocycles. The maximum absolute atomic E-state index is 12.7. The first kappa shape index (κ1) is 16.3. The lowest BCUT2D eigenvalue weighted by Crippen LogP contribution is -2.39. The number of aromatic nitrogens is 4.